The predicted molar refractivity (Wildman–Crippen MR) is 60.2 cm³/mol. The van der Waals surface area contributed by atoms with Gasteiger partial charge in [0.2, 0.25) is 11.8 Å². The minimum absolute atomic E-state index is 0.265. The van der Waals surface area contributed by atoms with Crippen LogP contribution in [0.2, 0.25) is 0 Å². The lowest BCUT2D eigenvalue weighted by atomic mass is 10.1. The van der Waals surface area contributed by atoms with Crippen LogP contribution in [0.25, 0.3) is 0 Å². The fourth-order valence-corrected chi connectivity index (χ4v) is 1.28. The summed E-state index contributed by atoms with van der Waals surface area (Å²) in [5.41, 5.74) is 10.1. The zero-order chi connectivity index (χ0) is 13.6. The molecule has 0 saturated carbocycles. The van der Waals surface area contributed by atoms with Crippen molar-refractivity contribution in [3.05, 3.63) is 0 Å². The number of Topliss-reactive ketones (excluding diaryl/α,β-unsaturated/α-hetero) is 1. The number of aliphatic carboxylic acids is 1. The Morgan fingerprint density at radius 2 is 1.53 bits per heavy atom. The van der Waals surface area contributed by atoms with Crippen molar-refractivity contribution < 1.29 is 24.3 Å². The number of nitrogens with zero attached hydrogens (tertiary/aromatic N) is 1. The summed E-state index contributed by atoms with van der Waals surface area (Å²) in [6.45, 7) is -1.20. The van der Waals surface area contributed by atoms with Gasteiger partial charge in [-0.2, -0.15) is 12.6 Å². The summed E-state index contributed by atoms with van der Waals surface area (Å²) in [4.78, 5) is 45.2. The van der Waals surface area contributed by atoms with Gasteiger partial charge < -0.3 is 16.6 Å². The molecular formula is C8H13N3O5S. The highest BCUT2D eigenvalue weighted by Crippen LogP contribution is 2.04. The second-order valence-electron chi connectivity index (χ2n) is 2.93. The van der Waals surface area contributed by atoms with Crippen molar-refractivity contribution in [2.45, 2.75) is 6.04 Å². The summed E-state index contributed by atoms with van der Waals surface area (Å²) in [7, 11) is 0. The highest BCUT2D eigenvalue weighted by atomic mass is 32.1. The van der Waals surface area contributed by atoms with Gasteiger partial charge in [-0.15, -0.1) is 0 Å². The van der Waals surface area contributed by atoms with Crippen LogP contribution < -0.4 is 11.5 Å². The van der Waals surface area contributed by atoms with Crippen molar-refractivity contribution in [1.82, 2.24) is 4.90 Å². The first kappa shape index (κ1) is 15.6. The zero-order valence-electron chi connectivity index (χ0n) is 8.83. The lowest BCUT2D eigenvalue weighted by Gasteiger charge is -2.24. The van der Waals surface area contributed by atoms with E-state index in [1.807, 2.05) is 0 Å². The van der Waals surface area contributed by atoms with E-state index in [1.165, 1.54) is 0 Å². The molecule has 17 heavy (non-hydrogen) atoms. The van der Waals surface area contributed by atoms with E-state index in [9.17, 15) is 19.2 Å². The molecular weight excluding hydrogens is 250 g/mol. The van der Waals surface area contributed by atoms with Crippen LogP contribution in [0.1, 0.15) is 0 Å². The summed E-state index contributed by atoms with van der Waals surface area (Å²) in [6.07, 6.45) is 0. The number of rotatable bonds is 6. The normalized spacial score (nSPS) is 11.7. The number of thiol groups is 1. The maximum absolute atomic E-state index is 11.4. The van der Waals surface area contributed by atoms with E-state index in [2.05, 4.69) is 12.6 Å². The summed E-state index contributed by atoms with van der Waals surface area (Å²) >= 11 is 3.61. The Kier molecular flexibility index (Phi) is 6.39. The topological polar surface area (TPSA) is 144 Å². The van der Waals surface area contributed by atoms with Crippen LogP contribution in [0.5, 0.6) is 0 Å². The molecule has 0 rings (SSSR count). The van der Waals surface area contributed by atoms with Crippen molar-refractivity contribution in [3.63, 3.8) is 0 Å². The zero-order valence-corrected chi connectivity index (χ0v) is 9.72. The minimum Gasteiger partial charge on any atom is -0.479 e. The van der Waals surface area contributed by atoms with E-state index in [-0.39, 0.29) is 4.90 Å². The third-order valence-corrected chi connectivity index (χ3v) is 2.15. The summed E-state index contributed by atoms with van der Waals surface area (Å²) in [5.74, 6) is -4.92. The van der Waals surface area contributed by atoms with Gasteiger partial charge in [0.05, 0.1) is 18.8 Å². The van der Waals surface area contributed by atoms with Gasteiger partial charge >= 0.3 is 5.97 Å². The molecule has 1 atom stereocenters. The van der Waals surface area contributed by atoms with Crippen LogP contribution >= 0.6 is 12.6 Å². The molecule has 0 fully saturated rings. The number of amides is 2. The van der Waals surface area contributed by atoms with Crippen LogP contribution in [-0.4, -0.2) is 58.5 Å². The number of carbonyl (C=O) groups is 4. The van der Waals surface area contributed by atoms with E-state index < -0.39 is 48.5 Å². The van der Waals surface area contributed by atoms with E-state index in [4.69, 9.17) is 16.6 Å². The van der Waals surface area contributed by atoms with Gasteiger partial charge in [-0.1, -0.05) is 0 Å². The highest BCUT2D eigenvalue weighted by molar-refractivity contribution is 7.81. The second-order valence-corrected chi connectivity index (χ2v) is 3.25. The molecule has 0 radical (unpaired) electrons. The van der Waals surface area contributed by atoms with Crippen LogP contribution in [0.15, 0.2) is 0 Å². The number of ketones is 1. The molecule has 0 aromatic rings. The van der Waals surface area contributed by atoms with Gasteiger partial charge in [0.15, 0.2) is 11.8 Å². The van der Waals surface area contributed by atoms with Gasteiger partial charge in [0, 0.05) is 0 Å². The fraction of sp³-hybridized carbons (Fsp3) is 0.500. The smallest absolute Gasteiger partial charge is 0.334 e. The maximum Gasteiger partial charge on any atom is 0.334 e. The number of carboxylic acids is 1. The quantitative estimate of drug-likeness (QED) is 0.299. The SMILES string of the molecule is NCC(=O)N(C(=O)CN)C(C(=O)O)C(=O)CS. The van der Waals surface area contributed by atoms with Crippen molar-refractivity contribution in [3.8, 4) is 0 Å². The highest BCUT2D eigenvalue weighted by Gasteiger charge is 2.38. The number of carboxylic acid groups (broad SMARTS) is 1. The summed E-state index contributed by atoms with van der Waals surface area (Å²) in [5, 5.41) is 8.85. The van der Waals surface area contributed by atoms with Crippen molar-refractivity contribution in [2.24, 2.45) is 11.5 Å². The Morgan fingerprint density at radius 3 is 1.76 bits per heavy atom. The van der Waals surface area contributed by atoms with E-state index in [0.717, 1.165) is 0 Å². The monoisotopic (exact) mass is 263 g/mol. The maximum atomic E-state index is 11.4. The van der Waals surface area contributed by atoms with Crippen LogP contribution in [0, 0.1) is 0 Å². The Morgan fingerprint density at radius 1 is 1.12 bits per heavy atom. The van der Waals surface area contributed by atoms with Gasteiger partial charge in [0.1, 0.15) is 0 Å². The Balaban J connectivity index is 5.36. The number of imide groups is 1. The molecule has 5 N–H and O–H groups in total. The van der Waals surface area contributed by atoms with Crippen molar-refractivity contribution in [2.75, 3.05) is 18.8 Å². The molecule has 1 unspecified atom stereocenters. The molecule has 0 bridgehead atoms. The fourth-order valence-electron chi connectivity index (χ4n) is 1.10. The molecule has 8 nitrogen and oxygen atoms in total. The molecule has 9 heteroatoms. The second kappa shape index (κ2) is 6.99. The number of hydrogen-bond acceptors (Lipinski definition) is 7. The molecule has 0 aliphatic heterocycles. The largest absolute Gasteiger partial charge is 0.479 e. The van der Waals surface area contributed by atoms with E-state index >= 15 is 0 Å². The first-order chi connectivity index (χ1) is 7.90. The predicted octanol–water partition coefficient (Wildman–Crippen LogP) is -2.79. The van der Waals surface area contributed by atoms with Crippen LogP contribution in [-0.2, 0) is 19.2 Å². The van der Waals surface area contributed by atoms with Crippen LogP contribution in [0.4, 0.5) is 0 Å². The molecule has 2 amide bonds. The average molecular weight is 263 g/mol. The summed E-state index contributed by atoms with van der Waals surface area (Å²) in [6, 6.07) is -1.93. The molecule has 0 aromatic heterocycles. The molecule has 0 heterocycles. The Labute approximate surface area is 102 Å². The molecule has 96 valence electrons. The van der Waals surface area contributed by atoms with Gasteiger partial charge in [0.25, 0.3) is 0 Å². The van der Waals surface area contributed by atoms with Gasteiger partial charge in [-0.05, 0) is 0 Å². The molecule has 0 saturated heterocycles. The minimum atomic E-state index is -1.93. The Bertz CT molecular complexity index is 330. The van der Waals surface area contributed by atoms with Crippen molar-refractivity contribution in [1.29, 1.82) is 0 Å². The standard InChI is InChI=1S/C8H13N3O5S/c9-1-5(13)11(6(14)2-10)7(8(15)16)4(12)3-17/h7,17H,1-3,9-10H2,(H,15,16). The Hall–Kier alpha value is -1.45. The first-order valence-electron chi connectivity index (χ1n) is 4.52. The molecule has 0 aliphatic rings. The lowest BCUT2D eigenvalue weighted by Crippen LogP contribution is -2.56. The van der Waals surface area contributed by atoms with Crippen molar-refractivity contribution >= 4 is 36.2 Å². The molecule has 0 aromatic carbocycles. The van der Waals surface area contributed by atoms with E-state index in [1.54, 1.807) is 0 Å². The number of hydrogen-bond donors (Lipinski definition) is 4. The molecule has 0 aliphatic carbocycles. The third-order valence-electron chi connectivity index (χ3n) is 1.84. The first-order valence-corrected chi connectivity index (χ1v) is 5.15. The average Bonchev–Trinajstić information content (AvgIpc) is 2.32. The van der Waals surface area contributed by atoms with E-state index in [0.29, 0.717) is 0 Å². The van der Waals surface area contributed by atoms with Gasteiger partial charge in [-0.25, -0.2) is 4.79 Å². The lowest BCUT2D eigenvalue weighted by molar-refractivity contribution is -0.160. The van der Waals surface area contributed by atoms with Crippen LogP contribution in [0.3, 0.4) is 0 Å². The number of carbonyl (C=O) groups excluding carboxylic acids is 3. The number of nitrogens with two attached hydrogens (primary N) is 2. The third kappa shape index (κ3) is 3.80. The van der Waals surface area contributed by atoms with Gasteiger partial charge in [-0.3, -0.25) is 19.3 Å². The summed E-state index contributed by atoms with van der Waals surface area (Å²) < 4.78 is 0. The molecule has 0 spiro atoms.